The zero-order valence-electron chi connectivity index (χ0n) is 9.48. The van der Waals surface area contributed by atoms with Gasteiger partial charge in [0.1, 0.15) is 11.6 Å². The van der Waals surface area contributed by atoms with E-state index in [4.69, 9.17) is 5.73 Å². The molecular formula is C12H19N3. The van der Waals surface area contributed by atoms with Gasteiger partial charge in [-0.15, -0.1) is 0 Å². The minimum Gasteiger partial charge on any atom is -0.384 e. The molecule has 0 bridgehead atoms. The predicted octanol–water partition coefficient (Wildman–Crippen LogP) is 2.29. The van der Waals surface area contributed by atoms with Crippen molar-refractivity contribution >= 4 is 11.6 Å². The van der Waals surface area contributed by atoms with E-state index in [2.05, 4.69) is 23.7 Å². The molecule has 1 fully saturated rings. The standard InChI is InChI=1S/C12H19N3/c1-9-6-7-10(2)15(8-9)12-5-3-4-11(13)14-12/h3-5,9-10H,6-8H2,1-2H3,(H2,13,14). The first-order chi connectivity index (χ1) is 7.16. The van der Waals surface area contributed by atoms with Gasteiger partial charge < -0.3 is 10.6 Å². The van der Waals surface area contributed by atoms with Gasteiger partial charge in [-0.3, -0.25) is 0 Å². The van der Waals surface area contributed by atoms with Crippen LogP contribution in [0.25, 0.3) is 0 Å². The van der Waals surface area contributed by atoms with E-state index in [1.807, 2.05) is 18.2 Å². The largest absolute Gasteiger partial charge is 0.384 e. The zero-order valence-corrected chi connectivity index (χ0v) is 9.48. The summed E-state index contributed by atoms with van der Waals surface area (Å²) in [5, 5.41) is 0. The molecule has 0 amide bonds. The number of hydrogen-bond donors (Lipinski definition) is 1. The van der Waals surface area contributed by atoms with Crippen molar-refractivity contribution < 1.29 is 0 Å². The molecule has 0 aromatic carbocycles. The van der Waals surface area contributed by atoms with Gasteiger partial charge in [-0.2, -0.15) is 0 Å². The van der Waals surface area contributed by atoms with Crippen molar-refractivity contribution in [1.29, 1.82) is 0 Å². The Bertz CT molecular complexity index is 337. The van der Waals surface area contributed by atoms with Crippen LogP contribution >= 0.6 is 0 Å². The quantitative estimate of drug-likeness (QED) is 0.765. The van der Waals surface area contributed by atoms with Gasteiger partial charge in [0, 0.05) is 12.6 Å². The molecule has 0 aliphatic carbocycles. The highest BCUT2D eigenvalue weighted by Gasteiger charge is 2.23. The van der Waals surface area contributed by atoms with Gasteiger partial charge >= 0.3 is 0 Å². The lowest BCUT2D eigenvalue weighted by Gasteiger charge is -2.37. The third kappa shape index (κ3) is 2.22. The monoisotopic (exact) mass is 205 g/mol. The average molecular weight is 205 g/mol. The molecule has 15 heavy (non-hydrogen) atoms. The van der Waals surface area contributed by atoms with Gasteiger partial charge in [-0.05, 0) is 37.8 Å². The maximum Gasteiger partial charge on any atom is 0.131 e. The molecule has 0 radical (unpaired) electrons. The molecule has 3 nitrogen and oxygen atoms in total. The van der Waals surface area contributed by atoms with Gasteiger partial charge in [0.25, 0.3) is 0 Å². The van der Waals surface area contributed by atoms with Crippen molar-refractivity contribution in [2.75, 3.05) is 17.2 Å². The van der Waals surface area contributed by atoms with E-state index >= 15 is 0 Å². The summed E-state index contributed by atoms with van der Waals surface area (Å²) in [5.74, 6) is 2.39. The molecule has 0 spiro atoms. The van der Waals surface area contributed by atoms with Crippen molar-refractivity contribution in [3.63, 3.8) is 0 Å². The Morgan fingerprint density at radius 3 is 2.87 bits per heavy atom. The lowest BCUT2D eigenvalue weighted by atomic mass is 9.95. The smallest absolute Gasteiger partial charge is 0.131 e. The highest BCUT2D eigenvalue weighted by atomic mass is 15.2. The Balaban J connectivity index is 2.21. The Kier molecular flexibility index (Phi) is 2.80. The van der Waals surface area contributed by atoms with Gasteiger partial charge in [-0.25, -0.2) is 4.98 Å². The molecule has 2 unspecified atom stereocenters. The van der Waals surface area contributed by atoms with Crippen molar-refractivity contribution in [3.05, 3.63) is 18.2 Å². The normalized spacial score (nSPS) is 26.7. The number of hydrogen-bond acceptors (Lipinski definition) is 3. The van der Waals surface area contributed by atoms with Crippen LogP contribution in [-0.2, 0) is 0 Å². The average Bonchev–Trinajstić information content (AvgIpc) is 2.22. The van der Waals surface area contributed by atoms with E-state index in [-0.39, 0.29) is 0 Å². The second-order valence-electron chi connectivity index (χ2n) is 4.60. The topological polar surface area (TPSA) is 42.1 Å². The van der Waals surface area contributed by atoms with Crippen LogP contribution in [0.4, 0.5) is 11.6 Å². The van der Waals surface area contributed by atoms with E-state index in [0.717, 1.165) is 18.3 Å². The first-order valence-corrected chi connectivity index (χ1v) is 5.66. The summed E-state index contributed by atoms with van der Waals surface area (Å²) in [6.07, 6.45) is 2.57. The molecule has 1 aromatic heterocycles. The highest BCUT2D eigenvalue weighted by molar-refractivity contribution is 5.45. The number of nitrogens with two attached hydrogens (primary N) is 1. The first-order valence-electron chi connectivity index (χ1n) is 5.66. The first kappa shape index (κ1) is 10.3. The third-order valence-corrected chi connectivity index (χ3v) is 3.17. The zero-order chi connectivity index (χ0) is 10.8. The molecule has 2 atom stereocenters. The van der Waals surface area contributed by atoms with Crippen LogP contribution in [0.1, 0.15) is 26.7 Å². The van der Waals surface area contributed by atoms with Crippen LogP contribution in [0.15, 0.2) is 18.2 Å². The lowest BCUT2D eigenvalue weighted by molar-refractivity contribution is 0.388. The number of pyridine rings is 1. The molecule has 0 saturated carbocycles. The SMILES string of the molecule is CC1CCC(C)N(c2cccc(N)n2)C1. The Hall–Kier alpha value is -1.25. The Morgan fingerprint density at radius 2 is 2.13 bits per heavy atom. The van der Waals surface area contributed by atoms with E-state index in [1.54, 1.807) is 0 Å². The van der Waals surface area contributed by atoms with Crippen molar-refractivity contribution in [3.8, 4) is 0 Å². The maximum absolute atomic E-state index is 5.71. The van der Waals surface area contributed by atoms with E-state index < -0.39 is 0 Å². The summed E-state index contributed by atoms with van der Waals surface area (Å²) < 4.78 is 0. The summed E-state index contributed by atoms with van der Waals surface area (Å²) in [6.45, 7) is 5.65. The summed E-state index contributed by atoms with van der Waals surface area (Å²) in [6, 6.07) is 6.44. The van der Waals surface area contributed by atoms with E-state index in [1.165, 1.54) is 12.8 Å². The summed E-state index contributed by atoms with van der Waals surface area (Å²) in [7, 11) is 0. The number of aromatic nitrogens is 1. The lowest BCUT2D eigenvalue weighted by Crippen LogP contribution is -2.41. The molecular weight excluding hydrogens is 186 g/mol. The molecule has 1 aliphatic heterocycles. The Morgan fingerprint density at radius 1 is 1.33 bits per heavy atom. The van der Waals surface area contributed by atoms with Gasteiger partial charge in [0.15, 0.2) is 0 Å². The van der Waals surface area contributed by atoms with Crippen LogP contribution in [-0.4, -0.2) is 17.6 Å². The van der Waals surface area contributed by atoms with Gasteiger partial charge in [0.05, 0.1) is 0 Å². The summed E-state index contributed by atoms with van der Waals surface area (Å²) in [5.41, 5.74) is 5.71. The fourth-order valence-electron chi connectivity index (χ4n) is 2.21. The number of nitrogen functional groups attached to an aromatic ring is 1. The number of nitrogens with zero attached hydrogens (tertiary/aromatic N) is 2. The van der Waals surface area contributed by atoms with Crippen molar-refractivity contribution in [2.45, 2.75) is 32.7 Å². The molecule has 2 rings (SSSR count). The van der Waals surface area contributed by atoms with Crippen molar-refractivity contribution in [2.24, 2.45) is 5.92 Å². The van der Waals surface area contributed by atoms with Crippen LogP contribution in [0.5, 0.6) is 0 Å². The minimum atomic E-state index is 0.579. The minimum absolute atomic E-state index is 0.579. The van der Waals surface area contributed by atoms with E-state index in [0.29, 0.717) is 11.9 Å². The summed E-state index contributed by atoms with van der Waals surface area (Å²) >= 11 is 0. The van der Waals surface area contributed by atoms with Gasteiger partial charge in [0.2, 0.25) is 0 Å². The molecule has 1 saturated heterocycles. The maximum atomic E-state index is 5.71. The molecule has 1 aromatic rings. The molecule has 2 N–H and O–H groups in total. The fourth-order valence-corrected chi connectivity index (χ4v) is 2.21. The Labute approximate surface area is 91.3 Å². The summed E-state index contributed by atoms with van der Waals surface area (Å²) in [4.78, 5) is 6.75. The molecule has 3 heteroatoms. The van der Waals surface area contributed by atoms with Gasteiger partial charge in [-0.1, -0.05) is 13.0 Å². The third-order valence-electron chi connectivity index (χ3n) is 3.17. The van der Waals surface area contributed by atoms with Crippen molar-refractivity contribution in [1.82, 2.24) is 4.98 Å². The number of anilines is 2. The second-order valence-corrected chi connectivity index (χ2v) is 4.60. The fraction of sp³-hybridized carbons (Fsp3) is 0.583. The molecule has 1 aliphatic rings. The van der Waals surface area contributed by atoms with Crippen LogP contribution in [0, 0.1) is 5.92 Å². The number of rotatable bonds is 1. The highest BCUT2D eigenvalue weighted by Crippen LogP contribution is 2.26. The van der Waals surface area contributed by atoms with E-state index in [9.17, 15) is 0 Å². The second kappa shape index (κ2) is 4.09. The number of piperidine rings is 1. The van der Waals surface area contributed by atoms with Crippen LogP contribution < -0.4 is 10.6 Å². The molecule has 82 valence electrons. The van der Waals surface area contributed by atoms with Crippen LogP contribution in [0.2, 0.25) is 0 Å². The molecule has 2 heterocycles. The van der Waals surface area contributed by atoms with Crippen LogP contribution in [0.3, 0.4) is 0 Å². The predicted molar refractivity (Wildman–Crippen MR) is 63.9 cm³/mol.